The molecule has 1 N–H and O–H groups in total. The smallest absolute Gasteiger partial charge is 0.274 e. The molecule has 2 aliphatic rings. The van der Waals surface area contributed by atoms with Crippen molar-refractivity contribution in [3.8, 4) is 17.2 Å². The first-order valence-corrected chi connectivity index (χ1v) is 8.12. The van der Waals surface area contributed by atoms with E-state index in [4.69, 9.17) is 18.9 Å². The molecular weight excluding hydrogens is 326 g/mol. The normalized spacial score (nSPS) is 18.4. The number of likely N-dealkylation sites (N-methyl/N-ethyl adjacent to an activating group) is 1. The van der Waals surface area contributed by atoms with Crippen LogP contribution in [0.1, 0.15) is 22.6 Å². The van der Waals surface area contributed by atoms with E-state index in [2.05, 4.69) is 10.2 Å². The first kappa shape index (κ1) is 15.8. The lowest BCUT2D eigenvalue weighted by molar-refractivity contribution is 0.0705. The summed E-state index contributed by atoms with van der Waals surface area (Å²) in [5.74, 6) is 1.91. The van der Waals surface area contributed by atoms with Crippen LogP contribution in [0.15, 0.2) is 24.3 Å². The van der Waals surface area contributed by atoms with Gasteiger partial charge < -0.3 is 23.8 Å². The molecule has 1 fully saturated rings. The molecule has 2 aliphatic heterocycles. The second-order valence-corrected chi connectivity index (χ2v) is 6.02. The molecule has 8 heteroatoms. The first-order valence-electron chi connectivity index (χ1n) is 8.12. The predicted octanol–water partition coefficient (Wildman–Crippen LogP) is 1.58. The number of carbonyl (C=O) groups excluding carboxylic acids is 1. The van der Waals surface area contributed by atoms with Gasteiger partial charge in [0.2, 0.25) is 6.79 Å². The predicted molar refractivity (Wildman–Crippen MR) is 86.8 cm³/mol. The molecule has 2 aromatic rings. The van der Waals surface area contributed by atoms with Crippen molar-refractivity contribution < 1.29 is 23.7 Å². The summed E-state index contributed by atoms with van der Waals surface area (Å²) in [4.78, 5) is 14.1. The van der Waals surface area contributed by atoms with Crippen LogP contribution in [0.25, 0.3) is 0 Å². The highest BCUT2D eigenvalue weighted by atomic mass is 16.7. The number of amides is 1. The van der Waals surface area contributed by atoms with Crippen LogP contribution in [-0.2, 0) is 11.3 Å². The van der Waals surface area contributed by atoms with Gasteiger partial charge in [0.25, 0.3) is 5.91 Å². The number of fused-ring (bicyclic) bond motifs is 1. The van der Waals surface area contributed by atoms with Crippen LogP contribution in [0.4, 0.5) is 0 Å². The summed E-state index contributed by atoms with van der Waals surface area (Å²) < 4.78 is 21.6. The summed E-state index contributed by atoms with van der Waals surface area (Å²) in [6, 6.07) is 7.21. The van der Waals surface area contributed by atoms with Gasteiger partial charge in [0.05, 0.1) is 18.3 Å². The molecule has 1 atom stereocenters. The molecule has 1 amide bonds. The van der Waals surface area contributed by atoms with Gasteiger partial charge >= 0.3 is 0 Å². The van der Waals surface area contributed by atoms with Gasteiger partial charge in [-0.3, -0.25) is 9.89 Å². The van der Waals surface area contributed by atoms with Gasteiger partial charge in [0, 0.05) is 19.7 Å². The minimum atomic E-state index is -0.124. The summed E-state index contributed by atoms with van der Waals surface area (Å²) in [5, 5.41) is 6.94. The highest BCUT2D eigenvalue weighted by molar-refractivity contribution is 5.92. The lowest BCUT2D eigenvalue weighted by Crippen LogP contribution is -2.37. The number of aromatic amines is 1. The molecular formula is C17H19N3O5. The topological polar surface area (TPSA) is 85.9 Å². The van der Waals surface area contributed by atoms with Crippen molar-refractivity contribution in [2.24, 2.45) is 0 Å². The number of nitrogens with zero attached hydrogens (tertiary/aromatic N) is 2. The van der Waals surface area contributed by atoms with E-state index in [1.165, 1.54) is 0 Å². The zero-order valence-corrected chi connectivity index (χ0v) is 13.9. The minimum absolute atomic E-state index is 0.109. The van der Waals surface area contributed by atoms with Crippen LogP contribution < -0.4 is 14.2 Å². The van der Waals surface area contributed by atoms with Crippen molar-refractivity contribution in [2.75, 3.05) is 27.1 Å². The Morgan fingerprint density at radius 2 is 2.24 bits per heavy atom. The quantitative estimate of drug-likeness (QED) is 0.885. The van der Waals surface area contributed by atoms with Crippen LogP contribution >= 0.6 is 0 Å². The molecule has 1 saturated heterocycles. The largest absolute Gasteiger partial charge is 0.487 e. The second-order valence-electron chi connectivity index (χ2n) is 6.02. The number of aromatic nitrogens is 2. The average Bonchev–Trinajstić information content (AvgIpc) is 3.39. The number of benzene rings is 1. The van der Waals surface area contributed by atoms with E-state index in [0.717, 1.165) is 12.1 Å². The van der Waals surface area contributed by atoms with Gasteiger partial charge in [-0.05, 0) is 24.6 Å². The van der Waals surface area contributed by atoms with Crippen LogP contribution in [0.5, 0.6) is 17.2 Å². The van der Waals surface area contributed by atoms with E-state index in [0.29, 0.717) is 36.2 Å². The minimum Gasteiger partial charge on any atom is -0.487 e. The van der Waals surface area contributed by atoms with Crippen molar-refractivity contribution in [1.82, 2.24) is 15.1 Å². The summed E-state index contributed by atoms with van der Waals surface area (Å²) in [6.45, 7) is 1.77. The van der Waals surface area contributed by atoms with E-state index in [9.17, 15) is 4.79 Å². The maximum Gasteiger partial charge on any atom is 0.274 e. The Balaban J connectivity index is 1.37. The molecule has 8 nitrogen and oxygen atoms in total. The molecule has 0 spiro atoms. The zero-order valence-electron chi connectivity index (χ0n) is 13.9. The maximum absolute atomic E-state index is 12.5. The van der Waals surface area contributed by atoms with Gasteiger partial charge in [-0.2, -0.15) is 5.10 Å². The highest BCUT2D eigenvalue weighted by Gasteiger charge is 2.26. The monoisotopic (exact) mass is 345 g/mol. The number of nitrogens with one attached hydrogen (secondary N) is 1. The third-order valence-corrected chi connectivity index (χ3v) is 4.36. The Bertz CT molecular complexity index is 769. The molecule has 0 saturated carbocycles. The summed E-state index contributed by atoms with van der Waals surface area (Å²) in [5.41, 5.74) is 1.09. The van der Waals surface area contributed by atoms with Crippen LogP contribution in [-0.4, -0.2) is 54.1 Å². The third-order valence-electron chi connectivity index (χ3n) is 4.36. The maximum atomic E-state index is 12.5. The Morgan fingerprint density at radius 1 is 1.36 bits per heavy atom. The van der Waals surface area contributed by atoms with E-state index < -0.39 is 0 Å². The molecule has 1 aromatic carbocycles. The van der Waals surface area contributed by atoms with E-state index in [1.807, 2.05) is 6.07 Å². The molecule has 0 aliphatic carbocycles. The first-order chi connectivity index (χ1) is 12.2. The molecule has 4 rings (SSSR count). The number of rotatable bonds is 5. The van der Waals surface area contributed by atoms with Gasteiger partial charge in [0.1, 0.15) is 12.4 Å². The third kappa shape index (κ3) is 3.25. The Hall–Kier alpha value is -2.74. The fraction of sp³-hybridized carbons (Fsp3) is 0.412. The molecule has 132 valence electrons. The van der Waals surface area contributed by atoms with Crippen LogP contribution in [0.3, 0.4) is 0 Å². The second kappa shape index (κ2) is 6.64. The van der Waals surface area contributed by atoms with Crippen molar-refractivity contribution in [1.29, 1.82) is 0 Å². The summed E-state index contributed by atoms with van der Waals surface area (Å²) >= 11 is 0. The van der Waals surface area contributed by atoms with Gasteiger partial charge in [-0.25, -0.2) is 0 Å². The van der Waals surface area contributed by atoms with Crippen molar-refractivity contribution in [3.05, 3.63) is 35.7 Å². The average molecular weight is 345 g/mol. The SMILES string of the molecule is CN(C(=O)c1cc(COc2ccc3c(c2)OCO3)[nH]n1)C1CCOC1. The summed E-state index contributed by atoms with van der Waals surface area (Å²) in [7, 11) is 1.78. The fourth-order valence-electron chi connectivity index (χ4n) is 2.85. The zero-order chi connectivity index (χ0) is 17.2. The molecule has 0 radical (unpaired) electrons. The summed E-state index contributed by atoms with van der Waals surface area (Å²) in [6.07, 6.45) is 0.854. The molecule has 0 bridgehead atoms. The van der Waals surface area contributed by atoms with Crippen LogP contribution in [0, 0.1) is 0 Å². The van der Waals surface area contributed by atoms with E-state index >= 15 is 0 Å². The van der Waals surface area contributed by atoms with Gasteiger partial charge in [-0.15, -0.1) is 0 Å². The lowest BCUT2D eigenvalue weighted by Gasteiger charge is -2.21. The number of hydrogen-bond donors (Lipinski definition) is 1. The lowest BCUT2D eigenvalue weighted by atomic mass is 10.2. The Kier molecular flexibility index (Phi) is 4.19. The van der Waals surface area contributed by atoms with Crippen molar-refractivity contribution in [2.45, 2.75) is 19.1 Å². The molecule has 1 unspecified atom stereocenters. The number of hydrogen-bond acceptors (Lipinski definition) is 6. The highest BCUT2D eigenvalue weighted by Crippen LogP contribution is 2.35. The molecule has 25 heavy (non-hydrogen) atoms. The van der Waals surface area contributed by atoms with Gasteiger partial charge in [0.15, 0.2) is 17.2 Å². The Morgan fingerprint density at radius 3 is 3.08 bits per heavy atom. The van der Waals surface area contributed by atoms with Crippen molar-refractivity contribution in [3.63, 3.8) is 0 Å². The number of ether oxygens (including phenoxy) is 4. The Labute approximate surface area is 144 Å². The van der Waals surface area contributed by atoms with Crippen LogP contribution in [0.2, 0.25) is 0 Å². The molecule has 1 aromatic heterocycles. The van der Waals surface area contributed by atoms with E-state index in [1.54, 1.807) is 30.1 Å². The number of H-pyrrole nitrogens is 1. The standard InChI is InChI=1S/C17H19N3O5/c1-20(12-4-5-22-9-12)17(21)14-6-11(18-19-14)8-23-13-2-3-15-16(7-13)25-10-24-15/h2-3,6-7,12H,4-5,8-10H2,1H3,(H,18,19). The fourth-order valence-corrected chi connectivity index (χ4v) is 2.85. The molecule has 3 heterocycles. The number of carbonyl (C=O) groups is 1. The van der Waals surface area contributed by atoms with Crippen molar-refractivity contribution >= 4 is 5.91 Å². The van der Waals surface area contributed by atoms with E-state index in [-0.39, 0.29) is 25.3 Å². The van der Waals surface area contributed by atoms with Gasteiger partial charge in [-0.1, -0.05) is 0 Å².